The normalized spacial score (nSPS) is 12.4. The van der Waals surface area contributed by atoms with Crippen molar-refractivity contribution in [1.29, 1.82) is 0 Å². The molecule has 96 valence electrons. The topological polar surface area (TPSA) is 70.7 Å². The number of aromatic amines is 1. The molecule has 0 aliphatic heterocycles. The number of hydrogen-bond acceptors (Lipinski definition) is 4. The molecule has 1 unspecified atom stereocenters. The van der Waals surface area contributed by atoms with Crippen molar-refractivity contribution in [3.63, 3.8) is 0 Å². The molecule has 0 aromatic carbocycles. The summed E-state index contributed by atoms with van der Waals surface area (Å²) in [6.45, 7) is 4.06. The number of rotatable bonds is 4. The zero-order valence-electron chi connectivity index (χ0n) is 10.0. The van der Waals surface area contributed by atoms with Gasteiger partial charge in [-0.15, -0.1) is 11.3 Å². The van der Waals surface area contributed by atoms with E-state index in [4.69, 9.17) is 0 Å². The molecule has 2 aromatic rings. The summed E-state index contributed by atoms with van der Waals surface area (Å²) >= 11 is 4.96. The first kappa shape index (κ1) is 13.2. The van der Waals surface area contributed by atoms with Crippen LogP contribution in [0.25, 0.3) is 0 Å². The monoisotopic (exact) mass is 328 g/mol. The molecule has 0 aliphatic rings. The van der Waals surface area contributed by atoms with E-state index in [0.717, 1.165) is 14.5 Å². The second-order valence-electron chi connectivity index (χ2n) is 3.92. The van der Waals surface area contributed by atoms with Crippen LogP contribution in [0.1, 0.15) is 29.4 Å². The minimum Gasteiger partial charge on any atom is -0.348 e. The van der Waals surface area contributed by atoms with Gasteiger partial charge >= 0.3 is 0 Å². The van der Waals surface area contributed by atoms with Crippen molar-refractivity contribution in [1.82, 2.24) is 20.5 Å². The zero-order chi connectivity index (χ0) is 13.1. The first-order valence-corrected chi connectivity index (χ1v) is 7.08. The van der Waals surface area contributed by atoms with Gasteiger partial charge in [0.2, 0.25) is 5.91 Å². The number of halogens is 1. The fraction of sp³-hybridized carbons (Fsp3) is 0.364. The number of amides is 1. The van der Waals surface area contributed by atoms with E-state index in [9.17, 15) is 4.79 Å². The molecule has 0 bridgehead atoms. The Morgan fingerprint density at radius 3 is 2.94 bits per heavy atom. The van der Waals surface area contributed by atoms with E-state index < -0.39 is 0 Å². The van der Waals surface area contributed by atoms with Crippen molar-refractivity contribution in [3.05, 3.63) is 32.4 Å². The summed E-state index contributed by atoms with van der Waals surface area (Å²) in [7, 11) is 0. The lowest BCUT2D eigenvalue weighted by Crippen LogP contribution is -2.27. The number of carbonyl (C=O) groups excluding carboxylic acids is 1. The van der Waals surface area contributed by atoms with Crippen molar-refractivity contribution in [2.24, 2.45) is 0 Å². The maximum atomic E-state index is 11.9. The predicted molar refractivity (Wildman–Crippen MR) is 73.4 cm³/mol. The maximum Gasteiger partial charge on any atom is 0.228 e. The fourth-order valence-electron chi connectivity index (χ4n) is 1.48. The summed E-state index contributed by atoms with van der Waals surface area (Å²) in [4.78, 5) is 17.1. The first-order valence-electron chi connectivity index (χ1n) is 5.47. The lowest BCUT2D eigenvalue weighted by molar-refractivity contribution is -0.122. The van der Waals surface area contributed by atoms with Crippen molar-refractivity contribution in [2.75, 3.05) is 0 Å². The van der Waals surface area contributed by atoms with E-state index >= 15 is 0 Å². The minimum atomic E-state index is -0.165. The van der Waals surface area contributed by atoms with Crippen LogP contribution in [0.2, 0.25) is 0 Å². The van der Waals surface area contributed by atoms with E-state index in [-0.39, 0.29) is 11.8 Å². The summed E-state index contributed by atoms with van der Waals surface area (Å²) in [5.74, 6) is 1.16. The van der Waals surface area contributed by atoms with Gasteiger partial charge < -0.3 is 5.32 Å². The van der Waals surface area contributed by atoms with Crippen LogP contribution in [0.3, 0.4) is 0 Å². The van der Waals surface area contributed by atoms with Crippen LogP contribution >= 0.6 is 27.3 Å². The average Bonchev–Trinajstić information content (AvgIpc) is 2.94. The third-order valence-electron chi connectivity index (χ3n) is 2.48. The Morgan fingerprint density at radius 1 is 1.61 bits per heavy atom. The molecule has 0 spiro atoms. The summed E-state index contributed by atoms with van der Waals surface area (Å²) in [5.41, 5.74) is 0. The molecule has 0 radical (unpaired) electrons. The highest BCUT2D eigenvalue weighted by Crippen LogP contribution is 2.28. The van der Waals surface area contributed by atoms with Gasteiger partial charge in [0.05, 0.1) is 16.2 Å². The minimum absolute atomic E-state index is 0.0215. The third-order valence-corrected chi connectivity index (χ3v) is 4.28. The van der Waals surface area contributed by atoms with Crippen LogP contribution in [0, 0.1) is 6.92 Å². The Bertz CT molecular complexity index is 551. The highest BCUT2D eigenvalue weighted by Gasteiger charge is 2.17. The van der Waals surface area contributed by atoms with Gasteiger partial charge in [-0.05, 0) is 41.9 Å². The number of nitrogens with one attached hydrogen (secondary N) is 2. The number of thiophene rings is 1. The molecule has 18 heavy (non-hydrogen) atoms. The standard InChI is InChI=1S/C11H13BrN4OS/c1-6(8-3-4-9(12)18-8)11(17)13-5-10-14-7(2)15-16-10/h3-4,6H,5H2,1-2H3,(H,13,17)(H,14,15,16). The number of hydrogen-bond donors (Lipinski definition) is 2. The molecule has 2 N–H and O–H groups in total. The molecule has 0 saturated heterocycles. The number of nitrogens with zero attached hydrogens (tertiary/aromatic N) is 2. The molecule has 7 heteroatoms. The van der Waals surface area contributed by atoms with Gasteiger partial charge in [0.25, 0.3) is 0 Å². The molecule has 5 nitrogen and oxygen atoms in total. The van der Waals surface area contributed by atoms with Gasteiger partial charge in [-0.25, -0.2) is 4.98 Å². The van der Waals surface area contributed by atoms with Crippen LogP contribution in [-0.4, -0.2) is 21.1 Å². The highest BCUT2D eigenvalue weighted by atomic mass is 79.9. The van der Waals surface area contributed by atoms with Crippen molar-refractivity contribution in [2.45, 2.75) is 26.3 Å². The Hall–Kier alpha value is -1.21. The highest BCUT2D eigenvalue weighted by molar-refractivity contribution is 9.11. The molecule has 0 aliphatic carbocycles. The van der Waals surface area contributed by atoms with Gasteiger partial charge in [0.1, 0.15) is 5.82 Å². The Balaban J connectivity index is 1.92. The molecule has 2 rings (SSSR count). The van der Waals surface area contributed by atoms with E-state index in [1.807, 2.05) is 26.0 Å². The number of carbonyl (C=O) groups is 1. The second-order valence-corrected chi connectivity index (χ2v) is 6.41. The van der Waals surface area contributed by atoms with E-state index in [0.29, 0.717) is 12.4 Å². The van der Waals surface area contributed by atoms with Crippen LogP contribution in [0.15, 0.2) is 15.9 Å². The van der Waals surface area contributed by atoms with Gasteiger partial charge in [-0.2, -0.15) is 5.10 Å². The van der Waals surface area contributed by atoms with Crippen LogP contribution in [-0.2, 0) is 11.3 Å². The van der Waals surface area contributed by atoms with Crippen molar-refractivity contribution >= 4 is 33.2 Å². The van der Waals surface area contributed by atoms with E-state index in [1.165, 1.54) is 0 Å². The van der Waals surface area contributed by atoms with Gasteiger partial charge in [0.15, 0.2) is 5.82 Å². The lowest BCUT2D eigenvalue weighted by atomic mass is 10.1. The predicted octanol–water partition coefficient (Wildman–Crippen LogP) is 2.36. The van der Waals surface area contributed by atoms with Gasteiger partial charge in [-0.3, -0.25) is 9.89 Å². The number of aromatic nitrogens is 3. The molecule has 1 amide bonds. The fourth-order valence-corrected chi connectivity index (χ4v) is 2.95. The third kappa shape index (κ3) is 3.17. The smallest absolute Gasteiger partial charge is 0.228 e. The van der Waals surface area contributed by atoms with Crippen LogP contribution in [0.5, 0.6) is 0 Å². The van der Waals surface area contributed by atoms with E-state index in [1.54, 1.807) is 11.3 Å². The van der Waals surface area contributed by atoms with Crippen LogP contribution in [0.4, 0.5) is 0 Å². The van der Waals surface area contributed by atoms with Crippen molar-refractivity contribution < 1.29 is 4.79 Å². The summed E-state index contributed by atoms with van der Waals surface area (Å²) in [6.07, 6.45) is 0. The zero-order valence-corrected chi connectivity index (χ0v) is 12.4. The Morgan fingerprint density at radius 2 is 2.39 bits per heavy atom. The Labute approximate surface area is 117 Å². The van der Waals surface area contributed by atoms with Gasteiger partial charge in [0, 0.05) is 4.88 Å². The largest absolute Gasteiger partial charge is 0.348 e. The summed E-state index contributed by atoms with van der Waals surface area (Å²) in [6, 6.07) is 3.90. The first-order chi connectivity index (χ1) is 8.56. The summed E-state index contributed by atoms with van der Waals surface area (Å²) in [5, 5.41) is 9.54. The molecular weight excluding hydrogens is 316 g/mol. The second kappa shape index (κ2) is 5.62. The maximum absolute atomic E-state index is 11.9. The quantitative estimate of drug-likeness (QED) is 0.905. The van der Waals surface area contributed by atoms with Crippen LogP contribution < -0.4 is 5.32 Å². The van der Waals surface area contributed by atoms with Gasteiger partial charge in [-0.1, -0.05) is 0 Å². The lowest BCUT2D eigenvalue weighted by Gasteiger charge is -2.08. The number of H-pyrrole nitrogens is 1. The molecule has 2 aromatic heterocycles. The molecule has 0 fully saturated rings. The molecule has 0 saturated carbocycles. The average molecular weight is 329 g/mol. The molecule has 1 atom stereocenters. The number of aryl methyl sites for hydroxylation is 1. The molecular formula is C11H13BrN4OS. The SMILES string of the molecule is Cc1nc(CNC(=O)C(C)c2ccc(Br)s2)n[nH]1. The van der Waals surface area contributed by atoms with Crippen molar-refractivity contribution in [3.8, 4) is 0 Å². The molecule has 2 heterocycles. The van der Waals surface area contributed by atoms with E-state index in [2.05, 4.69) is 36.4 Å². The Kier molecular flexibility index (Phi) is 4.13. The summed E-state index contributed by atoms with van der Waals surface area (Å²) < 4.78 is 1.03.